The molecule has 6 aliphatic rings. The van der Waals surface area contributed by atoms with Crippen LogP contribution in [0.3, 0.4) is 0 Å². The number of nitrogens with one attached hydrogen (secondary N) is 4. The summed E-state index contributed by atoms with van der Waals surface area (Å²) in [7, 11) is 0. The fourth-order valence-electron chi connectivity index (χ4n) is 9.13. The number of halogens is 2. The summed E-state index contributed by atoms with van der Waals surface area (Å²) in [6.45, 7) is 13.5. The number of carbonyl (C=O) groups excluding carboxylic acids is 2. The highest BCUT2D eigenvalue weighted by atomic mass is 32.2. The van der Waals surface area contributed by atoms with Gasteiger partial charge in [-0.2, -0.15) is 11.8 Å². The average Bonchev–Trinajstić information content (AvgIpc) is 3.00. The molecule has 9 nitrogen and oxygen atoms in total. The summed E-state index contributed by atoms with van der Waals surface area (Å²) in [6, 6.07) is -0.576. The molecule has 1 aliphatic carbocycles. The van der Waals surface area contributed by atoms with E-state index in [0.29, 0.717) is 43.6 Å². The van der Waals surface area contributed by atoms with E-state index in [1.807, 2.05) is 16.7 Å². The number of piperidine rings is 2. The van der Waals surface area contributed by atoms with Crippen molar-refractivity contribution in [3.8, 4) is 0 Å². The first-order valence-corrected chi connectivity index (χ1v) is 18.1. The van der Waals surface area contributed by atoms with Crippen molar-refractivity contribution in [3.63, 3.8) is 0 Å². The quantitative estimate of drug-likeness (QED) is 0.354. The fourth-order valence-corrected chi connectivity index (χ4v) is 10.3. The number of piperazine rings is 1. The molecule has 0 aromatic carbocycles. The van der Waals surface area contributed by atoms with Crippen LogP contribution in [0.2, 0.25) is 0 Å². The molecule has 0 spiro atoms. The summed E-state index contributed by atoms with van der Waals surface area (Å²) in [5.74, 6) is 0.579. The largest absolute Gasteiger partial charge is 0.336 e. The summed E-state index contributed by atoms with van der Waals surface area (Å²) in [5.41, 5.74) is 0. The maximum Gasteiger partial charge on any atom is 0.320 e. The van der Waals surface area contributed by atoms with Crippen molar-refractivity contribution in [2.24, 2.45) is 17.8 Å². The monoisotopic (exact) mass is 637 g/mol. The second-order valence-corrected chi connectivity index (χ2v) is 15.8. The number of thioether (sulfide) groups is 1. The Bertz CT molecular complexity index is 1060. The van der Waals surface area contributed by atoms with E-state index in [2.05, 4.69) is 53.5 Å². The van der Waals surface area contributed by atoms with Crippen molar-refractivity contribution in [1.82, 2.24) is 36.0 Å². The Kier molecular flexibility index (Phi) is 10.1. The van der Waals surface area contributed by atoms with Crippen molar-refractivity contribution in [3.05, 3.63) is 12.7 Å². The smallest absolute Gasteiger partial charge is 0.320 e. The zero-order valence-corrected chi connectivity index (χ0v) is 27.4. The van der Waals surface area contributed by atoms with Gasteiger partial charge in [0.25, 0.3) is 0 Å². The number of amides is 3. The Morgan fingerprint density at radius 2 is 1.89 bits per heavy atom. The summed E-state index contributed by atoms with van der Waals surface area (Å²) < 4.78 is 32.1. The van der Waals surface area contributed by atoms with Gasteiger partial charge in [0.1, 0.15) is 12.3 Å². The Labute approximate surface area is 266 Å². The maximum atomic E-state index is 16.5. The lowest BCUT2D eigenvalue weighted by Gasteiger charge is -2.59. The molecule has 4 N–H and O–H groups in total. The highest BCUT2D eigenvalue weighted by Crippen LogP contribution is 2.42. The molecule has 1 saturated carbocycles. The molecule has 0 aromatic heterocycles. The van der Waals surface area contributed by atoms with Crippen LogP contribution in [0.25, 0.3) is 0 Å². The number of rotatable bonds is 3. The maximum absolute atomic E-state index is 16.5. The van der Waals surface area contributed by atoms with Crippen LogP contribution < -0.4 is 21.3 Å². The zero-order valence-electron chi connectivity index (χ0n) is 26.6. The SMILES string of the molecule is C=CC(=O)N1CCN(C2NC(=O)N3C4CC(CNC4C(C)C)SCCCNC4CCC(F)C(C4)C4NC3C2CC4F)[C@@H](C)C1. The third kappa shape index (κ3) is 6.39. The lowest BCUT2D eigenvalue weighted by atomic mass is 9.73. The first-order chi connectivity index (χ1) is 21.2. The zero-order chi connectivity index (χ0) is 31.1. The van der Waals surface area contributed by atoms with Crippen LogP contribution in [0, 0.1) is 17.8 Å². The van der Waals surface area contributed by atoms with Crippen LogP contribution in [-0.4, -0.2) is 125 Å². The van der Waals surface area contributed by atoms with E-state index in [4.69, 9.17) is 0 Å². The number of hydrogen-bond donors (Lipinski definition) is 4. The number of nitrogens with zero attached hydrogens (tertiary/aromatic N) is 3. The summed E-state index contributed by atoms with van der Waals surface area (Å²) in [6.07, 6.45) is 2.27. The average molecular weight is 638 g/mol. The van der Waals surface area contributed by atoms with Gasteiger partial charge in [-0.15, -0.1) is 0 Å². The lowest BCUT2D eigenvalue weighted by molar-refractivity contribution is -0.131. The minimum atomic E-state index is -1.22. The summed E-state index contributed by atoms with van der Waals surface area (Å²) in [5, 5.41) is 14.8. The first kappa shape index (κ1) is 32.5. The van der Waals surface area contributed by atoms with Gasteiger partial charge in [-0.1, -0.05) is 20.4 Å². The van der Waals surface area contributed by atoms with Crippen LogP contribution in [0.5, 0.6) is 0 Å². The lowest BCUT2D eigenvalue weighted by Crippen LogP contribution is -2.79. The van der Waals surface area contributed by atoms with Gasteiger partial charge in [0.15, 0.2) is 0 Å². The molecule has 0 aromatic rings. The van der Waals surface area contributed by atoms with Gasteiger partial charge in [0.05, 0.1) is 18.4 Å². The highest BCUT2D eigenvalue weighted by molar-refractivity contribution is 7.99. The predicted octanol–water partition coefficient (Wildman–Crippen LogP) is 2.69. The van der Waals surface area contributed by atoms with E-state index in [9.17, 15) is 9.59 Å². The molecule has 5 aliphatic heterocycles. The molecule has 5 saturated heterocycles. The van der Waals surface area contributed by atoms with Crippen LogP contribution in [0.15, 0.2) is 12.7 Å². The Hall–Kier alpha value is -1.47. The number of alkyl halides is 2. The van der Waals surface area contributed by atoms with Gasteiger partial charge in [-0.25, -0.2) is 13.6 Å². The topological polar surface area (TPSA) is 92.0 Å². The Morgan fingerprint density at radius 3 is 2.64 bits per heavy atom. The number of hydrogen-bond acceptors (Lipinski definition) is 7. The third-order valence-corrected chi connectivity index (χ3v) is 12.7. The number of urea groups is 1. The van der Waals surface area contributed by atoms with Crippen molar-refractivity contribution >= 4 is 23.7 Å². The van der Waals surface area contributed by atoms with Crippen molar-refractivity contribution in [2.75, 3.05) is 38.5 Å². The molecule has 11 unspecified atom stereocenters. The van der Waals surface area contributed by atoms with E-state index >= 15 is 8.78 Å². The van der Waals surface area contributed by atoms with E-state index in [0.717, 1.165) is 38.1 Å². The molecule has 6 rings (SSSR count). The molecule has 6 bridgehead atoms. The molecular formula is C32H53F2N7O2S. The van der Waals surface area contributed by atoms with Crippen molar-refractivity contribution in [2.45, 2.75) is 119 Å². The van der Waals surface area contributed by atoms with Gasteiger partial charge in [0.2, 0.25) is 5.91 Å². The molecule has 248 valence electrons. The Balaban J connectivity index is 1.34. The predicted molar refractivity (Wildman–Crippen MR) is 171 cm³/mol. The highest BCUT2D eigenvalue weighted by Gasteiger charge is 2.56. The second kappa shape index (κ2) is 13.7. The van der Waals surface area contributed by atoms with Crippen LogP contribution in [0.1, 0.15) is 59.3 Å². The number of fused-ring (bicyclic) bond motifs is 7. The Morgan fingerprint density at radius 1 is 1.07 bits per heavy atom. The number of carbonyl (C=O) groups is 2. The van der Waals surface area contributed by atoms with Crippen molar-refractivity contribution in [1.29, 1.82) is 0 Å². The van der Waals surface area contributed by atoms with Gasteiger partial charge in [-0.05, 0) is 69.7 Å². The molecule has 44 heavy (non-hydrogen) atoms. The molecule has 3 amide bonds. The van der Waals surface area contributed by atoms with Crippen LogP contribution in [0.4, 0.5) is 13.6 Å². The van der Waals surface area contributed by atoms with E-state index in [-0.39, 0.29) is 54.6 Å². The van der Waals surface area contributed by atoms with Gasteiger partial charge in [0, 0.05) is 67.4 Å². The fraction of sp³-hybridized carbons (Fsp3) is 0.875. The first-order valence-electron chi connectivity index (χ1n) is 17.0. The molecule has 12 atom stereocenters. The second-order valence-electron chi connectivity index (χ2n) is 14.4. The normalized spacial score (nSPS) is 43.9. The van der Waals surface area contributed by atoms with E-state index < -0.39 is 30.5 Å². The molecule has 6 fully saturated rings. The molecule has 0 radical (unpaired) electrons. The molecular weight excluding hydrogens is 584 g/mol. The van der Waals surface area contributed by atoms with Crippen LogP contribution in [-0.2, 0) is 4.79 Å². The summed E-state index contributed by atoms with van der Waals surface area (Å²) >= 11 is 1.98. The van der Waals surface area contributed by atoms with E-state index in [1.54, 1.807) is 4.90 Å². The van der Waals surface area contributed by atoms with Gasteiger partial charge in [-0.3, -0.25) is 15.0 Å². The third-order valence-electron chi connectivity index (χ3n) is 11.3. The standard InChI is InChI=1S/C32H53F2N7O2S/c1-5-27(42)39-10-11-40(19(4)17-39)30-23-15-25(34)29-22-13-20(7-8-24(22)33)35-9-6-12-44-21-14-26(28(18(2)3)36-16-21)41(31(23)37-29)32(43)38-30/h5,18-26,28-31,35-37H,1,6-17H2,2-4H3,(H,38,43)/t19-,20?,21?,22?,23?,24?,25?,26?,28?,29?,30?,31?/m0/s1. The summed E-state index contributed by atoms with van der Waals surface area (Å²) in [4.78, 5) is 32.8. The van der Waals surface area contributed by atoms with Crippen LogP contribution >= 0.6 is 11.8 Å². The molecule has 5 heterocycles. The van der Waals surface area contributed by atoms with Gasteiger partial charge < -0.3 is 25.8 Å². The van der Waals surface area contributed by atoms with Crippen molar-refractivity contribution < 1.29 is 18.4 Å². The molecule has 12 heteroatoms. The van der Waals surface area contributed by atoms with E-state index in [1.165, 1.54) is 6.08 Å². The minimum absolute atomic E-state index is 0.0246. The minimum Gasteiger partial charge on any atom is -0.336 e. The van der Waals surface area contributed by atoms with Gasteiger partial charge >= 0.3 is 6.03 Å².